The second-order valence-corrected chi connectivity index (χ2v) is 12.5. The molecular formula is C32H27N2O8P. The Morgan fingerprint density at radius 1 is 0.628 bits per heavy atom. The van der Waals surface area contributed by atoms with Gasteiger partial charge in [-0.15, -0.1) is 0 Å². The Bertz CT molecular complexity index is 1740. The van der Waals surface area contributed by atoms with Crippen molar-refractivity contribution in [2.45, 2.75) is 51.4 Å². The van der Waals surface area contributed by atoms with Gasteiger partial charge in [-0.2, -0.15) is 0 Å². The summed E-state index contributed by atoms with van der Waals surface area (Å²) in [5.74, 6) is 0.459. The van der Waals surface area contributed by atoms with E-state index in [1.165, 1.54) is 24.3 Å². The minimum Gasteiger partial charge on any atom is -0.394 e. The van der Waals surface area contributed by atoms with Gasteiger partial charge in [0.15, 0.2) is 0 Å². The smallest absolute Gasteiger partial charge is 0.394 e. The maximum atomic E-state index is 13.7. The van der Waals surface area contributed by atoms with Gasteiger partial charge in [-0.25, -0.2) is 4.57 Å². The van der Waals surface area contributed by atoms with Crippen molar-refractivity contribution in [1.29, 1.82) is 0 Å². The highest BCUT2D eigenvalue weighted by Crippen LogP contribution is 2.61. The molecule has 0 amide bonds. The van der Waals surface area contributed by atoms with Crippen LogP contribution in [0.25, 0.3) is 33.4 Å². The third-order valence-corrected chi connectivity index (χ3v) is 9.47. The molecule has 4 aromatic rings. The fourth-order valence-corrected chi connectivity index (χ4v) is 7.57. The van der Waals surface area contributed by atoms with Crippen molar-refractivity contribution in [2.75, 3.05) is 0 Å². The van der Waals surface area contributed by atoms with Crippen LogP contribution in [0.15, 0.2) is 60.7 Å². The Morgan fingerprint density at radius 3 is 1.37 bits per heavy atom. The fraction of sp³-hybridized carbons (Fsp3) is 0.250. The first kappa shape index (κ1) is 27.3. The highest BCUT2D eigenvalue weighted by atomic mass is 31.2. The monoisotopic (exact) mass is 598 g/mol. The normalized spacial score (nSPS) is 16.3. The van der Waals surface area contributed by atoms with Crippen LogP contribution in [-0.4, -0.2) is 14.7 Å². The molecule has 7 rings (SSSR count). The van der Waals surface area contributed by atoms with Gasteiger partial charge in [0.2, 0.25) is 0 Å². The number of benzene rings is 4. The molecule has 0 saturated carbocycles. The minimum absolute atomic E-state index is 0.0583. The maximum absolute atomic E-state index is 13.7. The highest BCUT2D eigenvalue weighted by molar-refractivity contribution is 7.48. The van der Waals surface area contributed by atoms with Crippen molar-refractivity contribution < 1.29 is 28.4 Å². The first-order valence-corrected chi connectivity index (χ1v) is 15.8. The molecule has 0 bridgehead atoms. The molecule has 10 nitrogen and oxygen atoms in total. The molecule has 0 fully saturated rings. The van der Waals surface area contributed by atoms with Crippen molar-refractivity contribution in [3.8, 4) is 44.9 Å². The Hall–Kier alpha value is -4.53. The predicted octanol–water partition coefficient (Wildman–Crippen LogP) is 8.13. The number of nitro groups is 2. The molecular weight excluding hydrogens is 571 g/mol. The van der Waals surface area contributed by atoms with E-state index >= 15 is 0 Å². The predicted molar refractivity (Wildman–Crippen MR) is 160 cm³/mol. The summed E-state index contributed by atoms with van der Waals surface area (Å²) in [6.07, 6.45) is 7.05. The van der Waals surface area contributed by atoms with Gasteiger partial charge >= 0.3 is 7.82 Å². The van der Waals surface area contributed by atoms with Gasteiger partial charge < -0.3 is 9.05 Å². The lowest BCUT2D eigenvalue weighted by atomic mass is 9.77. The van der Waals surface area contributed by atoms with E-state index in [0.717, 1.165) is 84.7 Å². The largest absolute Gasteiger partial charge is 0.584 e. The van der Waals surface area contributed by atoms with Crippen LogP contribution in [0.5, 0.6) is 11.5 Å². The van der Waals surface area contributed by atoms with Crippen LogP contribution in [0.4, 0.5) is 11.4 Å². The average Bonchev–Trinajstić information content (AvgIpc) is 3.13. The van der Waals surface area contributed by atoms with E-state index < -0.39 is 17.7 Å². The van der Waals surface area contributed by atoms with E-state index in [9.17, 15) is 29.7 Å². The quantitative estimate of drug-likeness (QED) is 0.141. The zero-order chi connectivity index (χ0) is 29.9. The lowest BCUT2D eigenvalue weighted by molar-refractivity contribution is -0.385. The molecule has 0 radical (unpaired) electrons. The molecule has 4 aromatic carbocycles. The van der Waals surface area contributed by atoms with Crippen molar-refractivity contribution in [3.05, 3.63) is 103 Å². The van der Waals surface area contributed by atoms with Crippen molar-refractivity contribution in [3.63, 3.8) is 0 Å². The van der Waals surface area contributed by atoms with Gasteiger partial charge in [0, 0.05) is 46.5 Å². The van der Waals surface area contributed by atoms with Crippen LogP contribution in [-0.2, 0) is 30.2 Å². The van der Waals surface area contributed by atoms with Crippen LogP contribution in [0.1, 0.15) is 47.9 Å². The Balaban J connectivity index is 1.57. The second kappa shape index (κ2) is 10.3. The van der Waals surface area contributed by atoms with Crippen LogP contribution in [0.2, 0.25) is 0 Å². The lowest BCUT2D eigenvalue weighted by Crippen LogP contribution is -2.10. The summed E-state index contributed by atoms with van der Waals surface area (Å²) in [6, 6.07) is 16.1. The molecule has 3 aliphatic rings. The number of hydrogen-bond acceptors (Lipinski definition) is 7. The Morgan fingerprint density at radius 2 is 1.00 bits per heavy atom. The summed E-state index contributed by atoms with van der Waals surface area (Å²) in [5.41, 5.74) is 8.04. The maximum Gasteiger partial charge on any atom is 0.584 e. The molecule has 1 heterocycles. The van der Waals surface area contributed by atoms with Gasteiger partial charge in [0.25, 0.3) is 11.4 Å². The van der Waals surface area contributed by atoms with Gasteiger partial charge in [0.05, 0.1) is 9.85 Å². The van der Waals surface area contributed by atoms with Gasteiger partial charge in [0.1, 0.15) is 11.5 Å². The summed E-state index contributed by atoms with van der Waals surface area (Å²) < 4.78 is 25.6. The third kappa shape index (κ3) is 4.76. The van der Waals surface area contributed by atoms with Crippen LogP contribution >= 0.6 is 7.82 Å². The zero-order valence-electron chi connectivity index (χ0n) is 23.1. The van der Waals surface area contributed by atoms with Crippen LogP contribution < -0.4 is 9.05 Å². The molecule has 0 unspecified atom stereocenters. The summed E-state index contributed by atoms with van der Waals surface area (Å²) >= 11 is 0. The summed E-state index contributed by atoms with van der Waals surface area (Å²) in [7, 11) is -4.73. The molecule has 1 N–H and O–H groups in total. The molecule has 43 heavy (non-hydrogen) atoms. The lowest BCUT2D eigenvalue weighted by Gasteiger charge is -2.27. The number of rotatable bonds is 4. The zero-order valence-corrected chi connectivity index (χ0v) is 24.0. The molecule has 0 saturated heterocycles. The summed E-state index contributed by atoms with van der Waals surface area (Å²) in [6.45, 7) is 0. The summed E-state index contributed by atoms with van der Waals surface area (Å²) in [5, 5.41) is 22.7. The molecule has 0 spiro atoms. The number of phosphoric acid groups is 1. The van der Waals surface area contributed by atoms with Crippen LogP contribution in [0, 0.1) is 20.2 Å². The van der Waals surface area contributed by atoms with Crippen LogP contribution in [0.3, 0.4) is 0 Å². The Kier molecular flexibility index (Phi) is 6.56. The van der Waals surface area contributed by atoms with E-state index in [4.69, 9.17) is 9.05 Å². The van der Waals surface area contributed by atoms with Gasteiger partial charge in [-0.3, -0.25) is 25.1 Å². The molecule has 0 atom stereocenters. The second-order valence-electron chi connectivity index (χ2n) is 11.2. The van der Waals surface area contributed by atoms with E-state index in [1.807, 2.05) is 12.1 Å². The van der Waals surface area contributed by atoms with Crippen molar-refractivity contribution in [2.24, 2.45) is 0 Å². The van der Waals surface area contributed by atoms with E-state index in [2.05, 4.69) is 0 Å². The van der Waals surface area contributed by atoms with Crippen molar-refractivity contribution >= 4 is 19.2 Å². The standard InChI is InChI=1S/C32H27N2O8P/c35-33(36)23-13-9-19(10-14-23)27-17-21-5-1-3-7-25(21)29-30-26-8-4-2-6-22(26)18-28(20-11-15-24(16-12-20)34(37)38)32(30)42-43(39,40)41-31(27)29/h9-18H,1-8H2,(H,39,40). The van der Waals surface area contributed by atoms with E-state index in [-0.39, 0.29) is 22.9 Å². The number of non-ortho nitro benzene ring substituents is 2. The number of nitrogens with zero attached hydrogens (tertiary/aromatic N) is 2. The first-order valence-electron chi connectivity index (χ1n) is 14.3. The first-order chi connectivity index (χ1) is 20.7. The SMILES string of the molecule is O=[N+]([O-])c1ccc(-c2cc3c(c4c2OP(=O)(O)Oc2c(-c5ccc([N+](=O)[O-])cc5)cc5c(c2-4)CCCC5)CCCC3)cc1. The van der Waals surface area contributed by atoms with E-state index in [1.54, 1.807) is 24.3 Å². The molecule has 1 aliphatic heterocycles. The number of fused-ring (bicyclic) bond motifs is 7. The number of phosphoric ester groups is 1. The van der Waals surface area contributed by atoms with Crippen molar-refractivity contribution in [1.82, 2.24) is 0 Å². The fourth-order valence-electron chi connectivity index (χ4n) is 6.69. The Labute approximate surface area is 246 Å². The van der Waals surface area contributed by atoms with Gasteiger partial charge in [-0.05, 0) is 121 Å². The molecule has 11 heteroatoms. The van der Waals surface area contributed by atoms with E-state index in [0.29, 0.717) is 22.3 Å². The topological polar surface area (TPSA) is 142 Å². The summed E-state index contributed by atoms with van der Waals surface area (Å²) in [4.78, 5) is 32.9. The number of nitro benzene ring substituents is 2. The van der Waals surface area contributed by atoms with Gasteiger partial charge in [-0.1, -0.05) is 0 Å². The average molecular weight is 599 g/mol. The minimum atomic E-state index is -4.73. The molecule has 2 aliphatic carbocycles. The number of aryl methyl sites for hydroxylation is 2. The number of hydrogen-bond donors (Lipinski definition) is 1. The molecule has 218 valence electrons. The highest BCUT2D eigenvalue weighted by Gasteiger charge is 2.40. The molecule has 0 aromatic heterocycles. The third-order valence-electron chi connectivity index (χ3n) is 8.65.